The van der Waals surface area contributed by atoms with Crippen molar-refractivity contribution in [1.82, 2.24) is 15.0 Å². The van der Waals surface area contributed by atoms with E-state index in [-0.39, 0.29) is 17.9 Å². The zero-order valence-electron chi connectivity index (χ0n) is 20.9. The summed E-state index contributed by atoms with van der Waals surface area (Å²) in [5.41, 5.74) is 1.22. The number of Topliss-reactive ketones (excluding diaryl/α,β-unsaturated/α-hetero) is 1. The monoisotopic (exact) mass is 465 g/mol. The Kier molecular flexibility index (Phi) is 5.32. The van der Waals surface area contributed by atoms with Gasteiger partial charge < -0.3 is 9.84 Å². The molecule has 6 heteroatoms. The largest absolute Gasteiger partial charge is 0.497 e. The average molecular weight is 466 g/mol. The Labute approximate surface area is 202 Å². The molecule has 0 unspecified atom stereocenters. The van der Waals surface area contributed by atoms with Gasteiger partial charge in [-0.3, -0.25) is 4.79 Å². The van der Waals surface area contributed by atoms with E-state index in [2.05, 4.69) is 17.1 Å². The predicted molar refractivity (Wildman–Crippen MR) is 130 cm³/mol. The van der Waals surface area contributed by atoms with Crippen molar-refractivity contribution >= 4 is 16.8 Å². The molecule has 1 aromatic carbocycles. The van der Waals surface area contributed by atoms with Gasteiger partial charge in [0.15, 0.2) is 5.78 Å². The highest BCUT2D eigenvalue weighted by atomic mass is 16.5. The van der Waals surface area contributed by atoms with Crippen molar-refractivity contribution in [3.05, 3.63) is 18.2 Å². The highest BCUT2D eigenvalue weighted by Crippen LogP contribution is 2.64. The number of fused-ring (bicyclic) bond motifs is 6. The van der Waals surface area contributed by atoms with Gasteiger partial charge in [0, 0.05) is 12.0 Å². The van der Waals surface area contributed by atoms with Gasteiger partial charge in [0.1, 0.15) is 23.3 Å². The molecule has 0 spiro atoms. The van der Waals surface area contributed by atoms with E-state index >= 15 is 0 Å². The second-order valence-corrected chi connectivity index (χ2v) is 12.4. The van der Waals surface area contributed by atoms with Gasteiger partial charge in [-0.1, -0.05) is 6.92 Å². The van der Waals surface area contributed by atoms with Crippen molar-refractivity contribution in [1.29, 1.82) is 0 Å². The Hall–Kier alpha value is -1.95. The molecule has 4 aliphatic rings. The molecule has 2 aromatic rings. The Morgan fingerprint density at radius 2 is 1.82 bits per heavy atom. The summed E-state index contributed by atoms with van der Waals surface area (Å²) in [4.78, 5) is 15.2. The molecule has 4 aliphatic carbocycles. The second kappa shape index (κ2) is 8.04. The van der Waals surface area contributed by atoms with Gasteiger partial charge in [-0.05, 0) is 112 Å². The standard InChI is InChI=1S/C28H39N3O3/c1-27(33)12-10-19-17(15-27)4-6-21-20(19)11-13-28(2)22(21)7-8-23(28)26(32)16-31-29-24-9-5-18(34-3)14-25(24)30-31/h5,9,14,17,19-23,33H,4,6-8,10-13,15-16H2,1-3H3/t17-,19+,20-,21-,22+,23-,27-,28+/m1/s1. The van der Waals surface area contributed by atoms with Crippen LogP contribution in [0.5, 0.6) is 5.75 Å². The maximum absolute atomic E-state index is 13.6. The Bertz CT molecular complexity index is 1090. The third kappa shape index (κ3) is 3.59. The highest BCUT2D eigenvalue weighted by molar-refractivity contribution is 5.82. The minimum atomic E-state index is -0.460. The number of ketones is 1. The molecule has 0 bridgehead atoms. The van der Waals surface area contributed by atoms with Crippen LogP contribution in [0.3, 0.4) is 0 Å². The molecule has 6 rings (SSSR count). The van der Waals surface area contributed by atoms with Gasteiger partial charge in [0.05, 0.1) is 12.7 Å². The Morgan fingerprint density at radius 1 is 1.03 bits per heavy atom. The van der Waals surface area contributed by atoms with Gasteiger partial charge in [0.2, 0.25) is 0 Å². The van der Waals surface area contributed by atoms with Crippen molar-refractivity contribution in [3.63, 3.8) is 0 Å². The molecule has 184 valence electrons. The predicted octanol–water partition coefficient (Wildman–Crippen LogP) is 5.03. The Morgan fingerprint density at radius 3 is 2.65 bits per heavy atom. The summed E-state index contributed by atoms with van der Waals surface area (Å²) < 4.78 is 5.30. The molecule has 34 heavy (non-hydrogen) atoms. The smallest absolute Gasteiger partial charge is 0.159 e. The van der Waals surface area contributed by atoms with Crippen LogP contribution in [0.4, 0.5) is 0 Å². The fraction of sp³-hybridized carbons (Fsp3) is 0.750. The van der Waals surface area contributed by atoms with Crippen molar-refractivity contribution in [2.24, 2.45) is 40.9 Å². The lowest BCUT2D eigenvalue weighted by atomic mass is 9.49. The van der Waals surface area contributed by atoms with Gasteiger partial charge in [-0.15, -0.1) is 0 Å². The number of carbonyl (C=O) groups excluding carboxylic acids is 1. The minimum absolute atomic E-state index is 0.112. The minimum Gasteiger partial charge on any atom is -0.497 e. The lowest BCUT2D eigenvalue weighted by Crippen LogP contribution is -2.51. The molecular formula is C28H39N3O3. The van der Waals surface area contributed by atoms with Crippen LogP contribution < -0.4 is 4.74 Å². The molecule has 4 fully saturated rings. The number of aliphatic hydroxyl groups is 1. The molecule has 0 amide bonds. The number of benzene rings is 1. The lowest BCUT2D eigenvalue weighted by Gasteiger charge is -2.56. The third-order valence-electron chi connectivity index (χ3n) is 10.6. The number of nitrogens with zero attached hydrogens (tertiary/aromatic N) is 3. The van der Waals surface area contributed by atoms with E-state index in [1.807, 2.05) is 25.1 Å². The molecule has 8 atom stereocenters. The van der Waals surface area contributed by atoms with Gasteiger partial charge >= 0.3 is 0 Å². The quantitative estimate of drug-likeness (QED) is 0.685. The van der Waals surface area contributed by atoms with Crippen molar-refractivity contribution in [2.45, 2.75) is 83.8 Å². The summed E-state index contributed by atoms with van der Waals surface area (Å²) in [6.07, 6.45) is 10.3. The van der Waals surface area contributed by atoms with Crippen molar-refractivity contribution in [3.8, 4) is 5.75 Å². The van der Waals surface area contributed by atoms with Crippen LogP contribution in [-0.2, 0) is 11.3 Å². The summed E-state index contributed by atoms with van der Waals surface area (Å²) in [5.74, 6) is 4.89. The van der Waals surface area contributed by atoms with Gasteiger partial charge in [-0.25, -0.2) is 0 Å². The van der Waals surface area contributed by atoms with Crippen molar-refractivity contribution < 1.29 is 14.6 Å². The van der Waals surface area contributed by atoms with Crippen LogP contribution in [0.15, 0.2) is 18.2 Å². The van der Waals surface area contributed by atoms with Crippen LogP contribution in [0.25, 0.3) is 11.0 Å². The maximum Gasteiger partial charge on any atom is 0.159 e. The highest BCUT2D eigenvalue weighted by Gasteiger charge is 2.58. The first-order valence-corrected chi connectivity index (χ1v) is 13.4. The van der Waals surface area contributed by atoms with Crippen molar-refractivity contribution in [2.75, 3.05) is 7.11 Å². The van der Waals surface area contributed by atoms with E-state index in [9.17, 15) is 9.90 Å². The third-order valence-corrected chi connectivity index (χ3v) is 10.6. The van der Waals surface area contributed by atoms with Gasteiger partial charge in [0.25, 0.3) is 0 Å². The van der Waals surface area contributed by atoms with E-state index in [0.717, 1.165) is 53.8 Å². The number of hydrogen-bond acceptors (Lipinski definition) is 5. The van der Waals surface area contributed by atoms with E-state index in [0.29, 0.717) is 17.6 Å². The molecule has 6 nitrogen and oxygen atoms in total. The molecule has 0 aliphatic heterocycles. The SMILES string of the molecule is COc1ccc2nn(CC(=O)[C@H]3CC[C@H]4[C@@H]5CC[C@@H]6C[C@](C)(O)CC[C@@H]6[C@H]5CC[C@]34C)nc2c1. The first kappa shape index (κ1) is 22.5. The lowest BCUT2D eigenvalue weighted by molar-refractivity contribution is -0.133. The fourth-order valence-electron chi connectivity index (χ4n) is 9.00. The molecule has 1 aromatic heterocycles. The van der Waals surface area contributed by atoms with Crippen LogP contribution in [0, 0.1) is 40.9 Å². The second-order valence-electron chi connectivity index (χ2n) is 12.4. The molecule has 4 saturated carbocycles. The van der Waals surface area contributed by atoms with Crippen LogP contribution >= 0.6 is 0 Å². The number of carbonyl (C=O) groups is 1. The number of methoxy groups -OCH3 is 1. The first-order valence-electron chi connectivity index (χ1n) is 13.4. The summed E-state index contributed by atoms with van der Waals surface area (Å²) in [6.45, 7) is 4.71. The number of aromatic nitrogens is 3. The normalized spacial score (nSPS) is 41.5. The van der Waals surface area contributed by atoms with Crippen LogP contribution in [-0.4, -0.2) is 38.6 Å². The van der Waals surface area contributed by atoms with E-state index in [1.165, 1.54) is 38.5 Å². The van der Waals surface area contributed by atoms with E-state index in [1.54, 1.807) is 11.9 Å². The number of hydrogen-bond donors (Lipinski definition) is 1. The summed E-state index contributed by atoms with van der Waals surface area (Å²) in [7, 11) is 1.64. The zero-order chi connectivity index (χ0) is 23.7. The summed E-state index contributed by atoms with van der Waals surface area (Å²) in [6, 6.07) is 5.65. The summed E-state index contributed by atoms with van der Waals surface area (Å²) >= 11 is 0. The summed E-state index contributed by atoms with van der Waals surface area (Å²) in [5, 5.41) is 19.8. The molecule has 0 radical (unpaired) electrons. The topological polar surface area (TPSA) is 77.2 Å². The average Bonchev–Trinajstić information content (AvgIpc) is 3.37. The number of rotatable bonds is 4. The fourth-order valence-corrected chi connectivity index (χ4v) is 9.00. The Balaban J connectivity index is 1.17. The van der Waals surface area contributed by atoms with Crippen LogP contribution in [0.2, 0.25) is 0 Å². The molecule has 1 heterocycles. The van der Waals surface area contributed by atoms with Gasteiger partial charge in [-0.2, -0.15) is 15.0 Å². The zero-order valence-corrected chi connectivity index (χ0v) is 20.9. The molecular weight excluding hydrogens is 426 g/mol. The molecule has 1 N–H and O–H groups in total. The van der Waals surface area contributed by atoms with E-state index in [4.69, 9.17) is 4.74 Å². The maximum atomic E-state index is 13.6. The van der Waals surface area contributed by atoms with Crippen LogP contribution in [0.1, 0.15) is 71.6 Å². The molecule has 0 saturated heterocycles. The first-order chi connectivity index (χ1) is 16.3. The number of ether oxygens (including phenoxy) is 1. The van der Waals surface area contributed by atoms with E-state index < -0.39 is 5.60 Å².